The van der Waals surface area contributed by atoms with Crippen LogP contribution >= 0.6 is 11.6 Å². The van der Waals surface area contributed by atoms with Gasteiger partial charge < -0.3 is 4.74 Å². The van der Waals surface area contributed by atoms with Crippen LogP contribution < -0.4 is 0 Å². The number of hydrogen-bond donors (Lipinski definition) is 0. The van der Waals surface area contributed by atoms with Crippen molar-refractivity contribution in [3.05, 3.63) is 35.9 Å². The monoisotopic (exact) mass is 210 g/mol. The summed E-state index contributed by atoms with van der Waals surface area (Å²) < 4.78 is 5.19. The van der Waals surface area contributed by atoms with Crippen LogP contribution in [0.1, 0.15) is 25.0 Å². The highest BCUT2D eigenvalue weighted by Crippen LogP contribution is 2.39. The third kappa shape index (κ3) is 1.62. The maximum Gasteiger partial charge on any atom is 0.327 e. The SMILES string of the molecule is CC1(Cl)CC(c2ccccc2)OC1=O. The summed E-state index contributed by atoms with van der Waals surface area (Å²) >= 11 is 5.99. The molecule has 1 aromatic rings. The van der Waals surface area contributed by atoms with Crippen LogP contribution in [-0.2, 0) is 9.53 Å². The Bertz CT molecular complexity index is 346. The molecule has 0 N–H and O–H groups in total. The smallest absolute Gasteiger partial charge is 0.327 e. The summed E-state index contributed by atoms with van der Waals surface area (Å²) in [4.78, 5) is 10.5. The fourth-order valence-corrected chi connectivity index (χ4v) is 1.76. The molecule has 1 saturated heterocycles. The van der Waals surface area contributed by atoms with Crippen molar-refractivity contribution in [2.45, 2.75) is 24.3 Å². The van der Waals surface area contributed by atoms with Gasteiger partial charge >= 0.3 is 5.97 Å². The number of carbonyl (C=O) groups is 1. The summed E-state index contributed by atoms with van der Waals surface area (Å²) in [6.45, 7) is 1.69. The van der Waals surface area contributed by atoms with Crippen LogP contribution in [0.15, 0.2) is 30.3 Å². The Hall–Kier alpha value is -1.02. The first kappa shape index (κ1) is 9.53. The molecular formula is C11H11ClO2. The Balaban J connectivity index is 2.21. The number of halogens is 1. The number of rotatable bonds is 1. The minimum absolute atomic E-state index is 0.189. The van der Waals surface area contributed by atoms with Gasteiger partial charge in [0, 0.05) is 6.42 Å². The average molecular weight is 211 g/mol. The topological polar surface area (TPSA) is 26.3 Å². The highest BCUT2D eigenvalue weighted by atomic mass is 35.5. The van der Waals surface area contributed by atoms with Gasteiger partial charge in [-0.3, -0.25) is 4.79 Å². The third-order valence-corrected chi connectivity index (χ3v) is 2.72. The fourth-order valence-electron chi connectivity index (χ4n) is 1.58. The fraction of sp³-hybridized carbons (Fsp3) is 0.364. The zero-order valence-corrected chi connectivity index (χ0v) is 8.62. The summed E-state index contributed by atoms with van der Waals surface area (Å²) in [5, 5.41) is 0. The predicted molar refractivity (Wildman–Crippen MR) is 54.2 cm³/mol. The van der Waals surface area contributed by atoms with Gasteiger partial charge in [-0.15, -0.1) is 11.6 Å². The van der Waals surface area contributed by atoms with E-state index in [2.05, 4.69) is 0 Å². The lowest BCUT2D eigenvalue weighted by atomic mass is 10.0. The van der Waals surface area contributed by atoms with Crippen molar-refractivity contribution in [3.8, 4) is 0 Å². The Morgan fingerprint density at radius 3 is 2.57 bits per heavy atom. The molecule has 74 valence electrons. The predicted octanol–water partition coefficient (Wildman–Crippen LogP) is 2.67. The van der Waals surface area contributed by atoms with Gasteiger partial charge in [0.05, 0.1) is 0 Å². The molecule has 0 saturated carbocycles. The molecule has 3 heteroatoms. The molecule has 0 amide bonds. The van der Waals surface area contributed by atoms with Crippen molar-refractivity contribution in [3.63, 3.8) is 0 Å². The molecule has 0 aromatic heterocycles. The molecule has 0 bridgehead atoms. The molecule has 14 heavy (non-hydrogen) atoms. The molecule has 1 fully saturated rings. The molecule has 2 nitrogen and oxygen atoms in total. The van der Waals surface area contributed by atoms with Crippen molar-refractivity contribution in [2.75, 3.05) is 0 Å². The second-order valence-electron chi connectivity index (χ2n) is 3.71. The Morgan fingerprint density at radius 2 is 2.07 bits per heavy atom. The average Bonchev–Trinajstić information content (AvgIpc) is 2.43. The summed E-state index contributed by atoms with van der Waals surface area (Å²) in [5.74, 6) is -0.326. The summed E-state index contributed by atoms with van der Waals surface area (Å²) in [6, 6.07) is 9.66. The van der Waals surface area contributed by atoms with E-state index < -0.39 is 4.87 Å². The minimum Gasteiger partial charge on any atom is -0.456 e. The van der Waals surface area contributed by atoms with Gasteiger partial charge in [0.25, 0.3) is 0 Å². The lowest BCUT2D eigenvalue weighted by Crippen LogP contribution is -2.21. The third-order valence-electron chi connectivity index (χ3n) is 2.42. The Morgan fingerprint density at radius 1 is 1.43 bits per heavy atom. The van der Waals surface area contributed by atoms with Crippen LogP contribution in [0.3, 0.4) is 0 Å². The van der Waals surface area contributed by atoms with Gasteiger partial charge in [0.2, 0.25) is 0 Å². The van der Waals surface area contributed by atoms with Crippen molar-refractivity contribution in [1.82, 2.24) is 0 Å². The van der Waals surface area contributed by atoms with Gasteiger partial charge in [-0.25, -0.2) is 0 Å². The van der Waals surface area contributed by atoms with Gasteiger partial charge in [-0.2, -0.15) is 0 Å². The Kier molecular flexibility index (Phi) is 2.23. The largest absolute Gasteiger partial charge is 0.456 e. The van der Waals surface area contributed by atoms with Crippen LogP contribution in [0.4, 0.5) is 0 Å². The van der Waals surface area contributed by atoms with E-state index in [9.17, 15) is 4.79 Å². The number of benzene rings is 1. The lowest BCUT2D eigenvalue weighted by Gasteiger charge is -2.08. The molecule has 2 rings (SSSR count). The molecule has 0 aliphatic carbocycles. The summed E-state index contributed by atoms with van der Waals surface area (Å²) in [5.41, 5.74) is 1.00. The molecule has 1 aliphatic rings. The van der Waals surface area contributed by atoms with Crippen molar-refractivity contribution in [2.24, 2.45) is 0 Å². The van der Waals surface area contributed by atoms with Crippen LogP contribution in [0.2, 0.25) is 0 Å². The summed E-state index contributed by atoms with van der Waals surface area (Å²) in [7, 11) is 0. The van der Waals surface area contributed by atoms with Crippen LogP contribution in [0, 0.1) is 0 Å². The number of esters is 1. The summed E-state index contributed by atoms with van der Waals surface area (Å²) in [6.07, 6.45) is 0.350. The van der Waals surface area contributed by atoms with E-state index in [0.717, 1.165) is 5.56 Å². The second-order valence-corrected chi connectivity index (χ2v) is 4.54. The van der Waals surface area contributed by atoms with E-state index in [1.807, 2.05) is 30.3 Å². The number of ether oxygens (including phenoxy) is 1. The molecule has 0 radical (unpaired) electrons. The van der Waals surface area contributed by atoms with E-state index in [-0.39, 0.29) is 12.1 Å². The quantitative estimate of drug-likeness (QED) is 0.526. The molecule has 1 heterocycles. The van der Waals surface area contributed by atoms with Gasteiger partial charge in [-0.1, -0.05) is 30.3 Å². The first-order valence-electron chi connectivity index (χ1n) is 4.54. The highest BCUT2D eigenvalue weighted by Gasteiger charge is 2.44. The number of alkyl halides is 1. The van der Waals surface area contributed by atoms with Gasteiger partial charge in [0.1, 0.15) is 11.0 Å². The lowest BCUT2D eigenvalue weighted by molar-refractivity contribution is -0.143. The van der Waals surface area contributed by atoms with Crippen molar-refractivity contribution in [1.29, 1.82) is 0 Å². The van der Waals surface area contributed by atoms with E-state index in [1.165, 1.54) is 0 Å². The van der Waals surface area contributed by atoms with E-state index in [0.29, 0.717) is 6.42 Å². The molecule has 0 spiro atoms. The first-order valence-corrected chi connectivity index (χ1v) is 4.92. The molecule has 2 unspecified atom stereocenters. The standard InChI is InChI=1S/C11H11ClO2/c1-11(12)7-9(14-10(11)13)8-5-3-2-4-6-8/h2-6,9H,7H2,1H3. The van der Waals surface area contributed by atoms with Crippen molar-refractivity contribution < 1.29 is 9.53 Å². The minimum atomic E-state index is -0.861. The maximum absolute atomic E-state index is 11.3. The zero-order valence-electron chi connectivity index (χ0n) is 7.87. The number of hydrogen-bond acceptors (Lipinski definition) is 2. The van der Waals surface area contributed by atoms with Crippen molar-refractivity contribution >= 4 is 17.6 Å². The molecule has 2 atom stereocenters. The second kappa shape index (κ2) is 3.28. The maximum atomic E-state index is 11.3. The molecule has 1 aliphatic heterocycles. The van der Waals surface area contributed by atoms with Gasteiger partial charge in [-0.05, 0) is 12.5 Å². The zero-order chi connectivity index (χ0) is 10.2. The normalized spacial score (nSPS) is 31.6. The van der Waals surface area contributed by atoms with Crippen LogP contribution in [0.25, 0.3) is 0 Å². The Labute approximate surface area is 87.8 Å². The van der Waals surface area contributed by atoms with Crippen LogP contribution in [0.5, 0.6) is 0 Å². The first-order chi connectivity index (χ1) is 6.59. The van der Waals surface area contributed by atoms with Crippen LogP contribution in [-0.4, -0.2) is 10.8 Å². The number of cyclic esters (lactones) is 1. The number of carbonyl (C=O) groups excluding carboxylic acids is 1. The van der Waals surface area contributed by atoms with E-state index >= 15 is 0 Å². The highest BCUT2D eigenvalue weighted by molar-refractivity contribution is 6.34. The molecule has 1 aromatic carbocycles. The van der Waals surface area contributed by atoms with E-state index in [4.69, 9.17) is 16.3 Å². The molecular weight excluding hydrogens is 200 g/mol. The van der Waals surface area contributed by atoms with E-state index in [1.54, 1.807) is 6.92 Å². The van der Waals surface area contributed by atoms with Gasteiger partial charge in [0.15, 0.2) is 0 Å².